The van der Waals surface area contributed by atoms with Gasteiger partial charge in [0.2, 0.25) is 0 Å². The van der Waals surface area contributed by atoms with E-state index in [0.717, 1.165) is 31.3 Å². The molecule has 96 valence electrons. The van der Waals surface area contributed by atoms with Gasteiger partial charge < -0.3 is 9.84 Å². The van der Waals surface area contributed by atoms with Crippen LogP contribution in [0.5, 0.6) is 5.75 Å². The highest BCUT2D eigenvalue weighted by molar-refractivity contribution is 9.11. The van der Waals surface area contributed by atoms with Gasteiger partial charge in [-0.3, -0.25) is 0 Å². The lowest BCUT2D eigenvalue weighted by molar-refractivity contribution is 0.234. The molecule has 0 atom stereocenters. The molecular formula is C13H13Br2NO2. The molecule has 0 saturated carbocycles. The summed E-state index contributed by atoms with van der Waals surface area (Å²) in [4.78, 5) is 4.53. The van der Waals surface area contributed by atoms with Crippen molar-refractivity contribution in [2.75, 3.05) is 13.2 Å². The van der Waals surface area contributed by atoms with Crippen LogP contribution in [-0.2, 0) is 0 Å². The van der Waals surface area contributed by atoms with Crippen molar-refractivity contribution in [3.05, 3.63) is 32.8 Å². The Hall–Kier alpha value is -0.650. The molecule has 0 aliphatic heterocycles. The van der Waals surface area contributed by atoms with E-state index in [-0.39, 0.29) is 6.61 Å². The summed E-state index contributed by atoms with van der Waals surface area (Å²) in [6.45, 7) is 2.55. The molecule has 1 N–H and O–H groups in total. The average Bonchev–Trinajstić information content (AvgIpc) is 2.33. The van der Waals surface area contributed by atoms with E-state index in [2.05, 4.69) is 36.8 Å². The molecule has 2 aromatic rings. The minimum Gasteiger partial charge on any atom is -0.490 e. The maximum Gasteiger partial charge on any atom is 0.159 e. The highest BCUT2D eigenvalue weighted by Gasteiger charge is 2.12. The van der Waals surface area contributed by atoms with Crippen molar-refractivity contribution in [3.63, 3.8) is 0 Å². The fourth-order valence-corrected chi connectivity index (χ4v) is 3.05. The maximum atomic E-state index is 8.80. The van der Waals surface area contributed by atoms with Gasteiger partial charge in [0.1, 0.15) is 5.52 Å². The van der Waals surface area contributed by atoms with Gasteiger partial charge in [-0.25, -0.2) is 4.98 Å². The van der Waals surface area contributed by atoms with Gasteiger partial charge >= 0.3 is 0 Å². The highest BCUT2D eigenvalue weighted by Crippen LogP contribution is 2.37. The van der Waals surface area contributed by atoms with Gasteiger partial charge in [-0.1, -0.05) is 15.9 Å². The zero-order valence-corrected chi connectivity index (χ0v) is 13.1. The molecule has 1 aromatic heterocycles. The van der Waals surface area contributed by atoms with Crippen molar-refractivity contribution in [1.82, 2.24) is 4.98 Å². The minimum atomic E-state index is 0.124. The highest BCUT2D eigenvalue weighted by atomic mass is 79.9. The van der Waals surface area contributed by atoms with Crippen LogP contribution in [0.1, 0.15) is 12.1 Å². The molecule has 0 saturated heterocycles. The van der Waals surface area contributed by atoms with E-state index < -0.39 is 0 Å². The topological polar surface area (TPSA) is 42.4 Å². The molecule has 1 aromatic carbocycles. The number of rotatable bonds is 4. The van der Waals surface area contributed by atoms with Gasteiger partial charge in [0.15, 0.2) is 5.75 Å². The first kappa shape index (κ1) is 13.8. The molecule has 0 amide bonds. The number of hydrogen-bond acceptors (Lipinski definition) is 3. The number of aliphatic hydroxyl groups is 1. The van der Waals surface area contributed by atoms with Crippen LogP contribution >= 0.6 is 31.9 Å². The molecule has 1 heterocycles. The first-order valence-corrected chi connectivity index (χ1v) is 7.21. The molecule has 0 spiro atoms. The van der Waals surface area contributed by atoms with Gasteiger partial charge in [0, 0.05) is 28.6 Å². The molecule has 0 aliphatic carbocycles. The molecule has 0 radical (unpaired) electrons. The zero-order valence-electron chi connectivity index (χ0n) is 9.91. The van der Waals surface area contributed by atoms with Crippen LogP contribution in [0, 0.1) is 6.92 Å². The van der Waals surface area contributed by atoms with Crippen molar-refractivity contribution >= 4 is 42.8 Å². The Bertz CT molecular complexity index is 572. The first-order chi connectivity index (χ1) is 8.63. The van der Waals surface area contributed by atoms with Crippen LogP contribution in [0.15, 0.2) is 27.1 Å². The van der Waals surface area contributed by atoms with Crippen LogP contribution in [-0.4, -0.2) is 23.3 Å². The van der Waals surface area contributed by atoms with E-state index in [0.29, 0.717) is 13.0 Å². The van der Waals surface area contributed by atoms with E-state index in [1.807, 2.05) is 25.1 Å². The van der Waals surface area contributed by atoms with Crippen LogP contribution in [0.4, 0.5) is 0 Å². The summed E-state index contributed by atoms with van der Waals surface area (Å²) >= 11 is 7.01. The third-order valence-electron chi connectivity index (χ3n) is 2.53. The number of nitrogens with zero attached hydrogens (tertiary/aromatic N) is 1. The summed E-state index contributed by atoms with van der Waals surface area (Å²) in [6, 6.07) is 5.94. The number of ether oxygens (including phenoxy) is 1. The predicted octanol–water partition coefficient (Wildman–Crippen LogP) is 3.83. The van der Waals surface area contributed by atoms with Gasteiger partial charge in [0.05, 0.1) is 11.1 Å². The van der Waals surface area contributed by atoms with E-state index in [1.165, 1.54) is 0 Å². The van der Waals surface area contributed by atoms with Crippen LogP contribution < -0.4 is 4.74 Å². The number of halogens is 2. The second-order valence-electron chi connectivity index (χ2n) is 3.94. The molecule has 18 heavy (non-hydrogen) atoms. The van der Waals surface area contributed by atoms with Crippen molar-refractivity contribution in [2.24, 2.45) is 0 Å². The second kappa shape index (κ2) is 5.99. The van der Waals surface area contributed by atoms with Gasteiger partial charge in [-0.2, -0.15) is 0 Å². The van der Waals surface area contributed by atoms with E-state index >= 15 is 0 Å². The minimum absolute atomic E-state index is 0.124. The Morgan fingerprint density at radius 3 is 2.78 bits per heavy atom. The summed E-state index contributed by atoms with van der Waals surface area (Å²) in [5.41, 5.74) is 1.77. The zero-order chi connectivity index (χ0) is 13.1. The second-order valence-corrected chi connectivity index (χ2v) is 5.65. The molecule has 2 rings (SSSR count). The van der Waals surface area contributed by atoms with Crippen molar-refractivity contribution in [1.29, 1.82) is 0 Å². The Kier molecular flexibility index (Phi) is 4.59. The van der Waals surface area contributed by atoms with Crippen molar-refractivity contribution in [3.8, 4) is 5.75 Å². The van der Waals surface area contributed by atoms with Gasteiger partial charge in [0.25, 0.3) is 0 Å². The fourth-order valence-electron chi connectivity index (χ4n) is 1.67. The predicted molar refractivity (Wildman–Crippen MR) is 79.1 cm³/mol. The summed E-state index contributed by atoms with van der Waals surface area (Å²) in [5.74, 6) is 0.727. The summed E-state index contributed by atoms with van der Waals surface area (Å²) in [6.07, 6.45) is 0.607. The third-order valence-corrected chi connectivity index (χ3v) is 3.77. The number of pyridine rings is 1. The lowest BCUT2D eigenvalue weighted by Crippen LogP contribution is -2.02. The standard InChI is InChI=1S/C13H13Br2NO2/c1-8-3-4-9-10(14)7-11(15)13(12(9)16-8)18-6-2-5-17/h3-4,7,17H,2,5-6H2,1H3. The fraction of sp³-hybridized carbons (Fsp3) is 0.308. The quantitative estimate of drug-likeness (QED) is 0.827. The Balaban J connectivity index is 2.52. The molecule has 5 heteroatoms. The molecule has 0 bridgehead atoms. The normalized spacial score (nSPS) is 10.9. The maximum absolute atomic E-state index is 8.80. The van der Waals surface area contributed by atoms with Gasteiger partial charge in [-0.05, 0) is 41.1 Å². The van der Waals surface area contributed by atoms with Crippen LogP contribution in [0.25, 0.3) is 10.9 Å². The van der Waals surface area contributed by atoms with Crippen molar-refractivity contribution < 1.29 is 9.84 Å². The average molecular weight is 375 g/mol. The van der Waals surface area contributed by atoms with Gasteiger partial charge in [-0.15, -0.1) is 0 Å². The first-order valence-electron chi connectivity index (χ1n) is 5.62. The number of hydrogen-bond donors (Lipinski definition) is 1. The number of fused-ring (bicyclic) bond motifs is 1. The van der Waals surface area contributed by atoms with E-state index in [1.54, 1.807) is 0 Å². The molecule has 0 aliphatic rings. The summed E-state index contributed by atoms with van der Waals surface area (Å²) in [7, 11) is 0. The number of aliphatic hydroxyl groups excluding tert-OH is 1. The summed E-state index contributed by atoms with van der Waals surface area (Å²) < 4.78 is 7.55. The lowest BCUT2D eigenvalue weighted by Gasteiger charge is -2.12. The number of aryl methyl sites for hydroxylation is 1. The molecular weight excluding hydrogens is 362 g/mol. The summed E-state index contributed by atoms with van der Waals surface area (Å²) in [5, 5.41) is 9.82. The SMILES string of the molecule is Cc1ccc2c(Br)cc(Br)c(OCCCO)c2n1. The molecule has 3 nitrogen and oxygen atoms in total. The Labute approximate surface area is 122 Å². The number of benzene rings is 1. The van der Waals surface area contributed by atoms with Crippen molar-refractivity contribution in [2.45, 2.75) is 13.3 Å². The Morgan fingerprint density at radius 1 is 1.28 bits per heavy atom. The monoisotopic (exact) mass is 373 g/mol. The smallest absolute Gasteiger partial charge is 0.159 e. The van der Waals surface area contributed by atoms with E-state index in [9.17, 15) is 0 Å². The number of aromatic nitrogens is 1. The largest absolute Gasteiger partial charge is 0.490 e. The molecule has 0 fully saturated rings. The molecule has 0 unspecified atom stereocenters. The Morgan fingerprint density at radius 2 is 2.06 bits per heavy atom. The van der Waals surface area contributed by atoms with Crippen LogP contribution in [0.2, 0.25) is 0 Å². The third kappa shape index (κ3) is 2.84. The van der Waals surface area contributed by atoms with E-state index in [4.69, 9.17) is 9.84 Å². The lowest BCUT2D eigenvalue weighted by atomic mass is 10.2. The van der Waals surface area contributed by atoms with Crippen LogP contribution in [0.3, 0.4) is 0 Å².